The van der Waals surface area contributed by atoms with Crippen LogP contribution in [-0.4, -0.2) is 29.8 Å². The zero-order valence-corrected chi connectivity index (χ0v) is 11.9. The third kappa shape index (κ3) is 3.30. The summed E-state index contributed by atoms with van der Waals surface area (Å²) in [5.41, 5.74) is 5.36. The van der Waals surface area contributed by atoms with Gasteiger partial charge in [0.15, 0.2) is 5.76 Å². The lowest BCUT2D eigenvalue weighted by atomic mass is 10.3. The number of rotatable bonds is 5. The quantitative estimate of drug-likeness (QED) is 0.843. The van der Waals surface area contributed by atoms with Gasteiger partial charge in [0.1, 0.15) is 5.75 Å². The summed E-state index contributed by atoms with van der Waals surface area (Å²) in [5.74, 6) is -0.646. The van der Waals surface area contributed by atoms with E-state index in [9.17, 15) is 9.59 Å². The predicted molar refractivity (Wildman–Crippen MR) is 75.6 cm³/mol. The van der Waals surface area contributed by atoms with Crippen molar-refractivity contribution in [2.24, 2.45) is 5.73 Å². The van der Waals surface area contributed by atoms with Crippen LogP contribution in [0.4, 0.5) is 0 Å². The van der Waals surface area contributed by atoms with Gasteiger partial charge in [0.25, 0.3) is 11.8 Å². The number of nitrogens with two attached hydrogens (primary N) is 1. The normalized spacial score (nSPS) is 14.8. The van der Waals surface area contributed by atoms with E-state index >= 15 is 0 Å². The Balaban J connectivity index is 2.12. The second-order valence-corrected chi connectivity index (χ2v) is 5.03. The van der Waals surface area contributed by atoms with Crippen LogP contribution in [0.3, 0.4) is 0 Å². The molecular formula is C13H12Cl2N2O3. The maximum Gasteiger partial charge on any atom is 0.296 e. The van der Waals surface area contributed by atoms with Gasteiger partial charge in [-0.3, -0.25) is 14.5 Å². The number of nitrogens with zero attached hydrogens (tertiary/aromatic N) is 1. The first-order valence-corrected chi connectivity index (χ1v) is 6.68. The van der Waals surface area contributed by atoms with Gasteiger partial charge in [-0.25, -0.2) is 0 Å². The molecule has 0 aliphatic carbocycles. The lowest BCUT2D eigenvalue weighted by Crippen LogP contribution is -2.33. The van der Waals surface area contributed by atoms with E-state index in [1.165, 1.54) is 12.1 Å². The van der Waals surface area contributed by atoms with Crippen molar-refractivity contribution in [3.63, 3.8) is 0 Å². The average molecular weight is 315 g/mol. The molecule has 1 aromatic carbocycles. The molecule has 1 aromatic rings. The molecule has 0 saturated carbocycles. The van der Waals surface area contributed by atoms with Crippen LogP contribution >= 0.6 is 23.2 Å². The Morgan fingerprint density at radius 2 is 1.80 bits per heavy atom. The maximum absolute atomic E-state index is 12.0. The van der Waals surface area contributed by atoms with Crippen molar-refractivity contribution in [1.29, 1.82) is 0 Å². The lowest BCUT2D eigenvalue weighted by molar-refractivity contribution is -0.138. The Bertz CT molecular complexity index is 567. The van der Waals surface area contributed by atoms with E-state index in [1.807, 2.05) is 0 Å². The smallest absolute Gasteiger partial charge is 0.296 e. The molecule has 0 radical (unpaired) electrons. The fraction of sp³-hybridized carbons (Fsp3) is 0.231. The lowest BCUT2D eigenvalue weighted by Gasteiger charge is -2.14. The Hall–Kier alpha value is -1.56. The summed E-state index contributed by atoms with van der Waals surface area (Å²) >= 11 is 11.7. The molecule has 0 bridgehead atoms. The molecule has 0 aromatic heterocycles. The minimum absolute atomic E-state index is 0.0506. The zero-order chi connectivity index (χ0) is 14.7. The molecule has 0 saturated heterocycles. The van der Waals surface area contributed by atoms with Crippen molar-refractivity contribution >= 4 is 35.0 Å². The van der Waals surface area contributed by atoms with Gasteiger partial charge in [-0.15, -0.1) is 0 Å². The molecule has 1 aliphatic heterocycles. The van der Waals surface area contributed by atoms with E-state index in [4.69, 9.17) is 33.7 Å². The highest BCUT2D eigenvalue weighted by molar-refractivity contribution is 6.34. The molecule has 2 rings (SSSR count). The SMILES string of the molecule is NCCCN1C(=O)C=C(Oc2cc(Cl)cc(Cl)c2)C1=O. The van der Waals surface area contributed by atoms with Gasteiger partial charge in [0, 0.05) is 16.6 Å². The van der Waals surface area contributed by atoms with Gasteiger partial charge >= 0.3 is 0 Å². The largest absolute Gasteiger partial charge is 0.451 e. The van der Waals surface area contributed by atoms with Crippen LogP contribution in [-0.2, 0) is 9.59 Å². The Labute approximate surface area is 125 Å². The van der Waals surface area contributed by atoms with Crippen molar-refractivity contribution in [2.75, 3.05) is 13.1 Å². The van der Waals surface area contributed by atoms with Crippen molar-refractivity contribution in [3.8, 4) is 5.75 Å². The van der Waals surface area contributed by atoms with Crippen molar-refractivity contribution < 1.29 is 14.3 Å². The van der Waals surface area contributed by atoms with Crippen LogP contribution in [0, 0.1) is 0 Å². The molecule has 2 amide bonds. The summed E-state index contributed by atoms with van der Waals surface area (Å²) in [7, 11) is 0. The highest BCUT2D eigenvalue weighted by Crippen LogP contribution is 2.27. The predicted octanol–water partition coefficient (Wildman–Crippen LogP) is 1.97. The Morgan fingerprint density at radius 3 is 2.40 bits per heavy atom. The number of benzene rings is 1. The van der Waals surface area contributed by atoms with Crippen LogP contribution in [0.5, 0.6) is 5.75 Å². The number of ether oxygens (including phenoxy) is 1. The zero-order valence-electron chi connectivity index (χ0n) is 10.4. The molecule has 0 atom stereocenters. The van der Waals surface area contributed by atoms with Gasteiger partial charge in [0.05, 0.1) is 6.08 Å². The number of amides is 2. The molecule has 0 unspecified atom stereocenters. The number of halogens is 2. The molecular weight excluding hydrogens is 303 g/mol. The standard InChI is InChI=1S/C13H12Cl2N2O3/c14-8-4-9(15)6-10(5-8)20-11-7-12(18)17(13(11)19)3-1-2-16/h4-7H,1-3,16H2. The topological polar surface area (TPSA) is 72.6 Å². The molecule has 2 N–H and O–H groups in total. The second-order valence-electron chi connectivity index (χ2n) is 4.15. The second kappa shape index (κ2) is 6.26. The van der Waals surface area contributed by atoms with Gasteiger partial charge in [-0.05, 0) is 31.2 Å². The van der Waals surface area contributed by atoms with Crippen LogP contribution in [0.2, 0.25) is 10.0 Å². The first-order chi connectivity index (χ1) is 9.51. The summed E-state index contributed by atoms with van der Waals surface area (Å²) in [6.07, 6.45) is 1.69. The fourth-order valence-electron chi connectivity index (χ4n) is 1.73. The van der Waals surface area contributed by atoms with Crippen LogP contribution < -0.4 is 10.5 Å². The van der Waals surface area contributed by atoms with Crippen LogP contribution in [0.25, 0.3) is 0 Å². The van der Waals surface area contributed by atoms with E-state index in [0.29, 0.717) is 28.8 Å². The highest BCUT2D eigenvalue weighted by atomic mass is 35.5. The molecule has 0 fully saturated rings. The molecule has 5 nitrogen and oxygen atoms in total. The third-order valence-corrected chi connectivity index (χ3v) is 3.06. The molecule has 0 spiro atoms. The van der Waals surface area contributed by atoms with Gasteiger partial charge in [0.2, 0.25) is 0 Å². The Morgan fingerprint density at radius 1 is 1.15 bits per heavy atom. The first-order valence-electron chi connectivity index (χ1n) is 5.93. The summed E-state index contributed by atoms with van der Waals surface area (Å²) < 4.78 is 5.38. The fourth-order valence-corrected chi connectivity index (χ4v) is 2.24. The van der Waals surface area contributed by atoms with Gasteiger partial charge in [-0.1, -0.05) is 23.2 Å². The number of carbonyl (C=O) groups excluding carboxylic acids is 2. The maximum atomic E-state index is 12.0. The summed E-state index contributed by atoms with van der Waals surface area (Å²) in [6, 6.07) is 4.56. The number of hydrogen-bond donors (Lipinski definition) is 1. The van der Waals surface area contributed by atoms with Gasteiger partial charge in [-0.2, -0.15) is 0 Å². The molecule has 1 aliphatic rings. The number of imide groups is 1. The van der Waals surface area contributed by atoms with E-state index in [1.54, 1.807) is 6.07 Å². The van der Waals surface area contributed by atoms with Crippen LogP contribution in [0.1, 0.15) is 6.42 Å². The first kappa shape index (κ1) is 14.8. The third-order valence-electron chi connectivity index (χ3n) is 2.63. The van der Waals surface area contributed by atoms with Crippen molar-refractivity contribution in [1.82, 2.24) is 4.90 Å². The van der Waals surface area contributed by atoms with E-state index in [-0.39, 0.29) is 12.3 Å². The minimum atomic E-state index is -0.487. The highest BCUT2D eigenvalue weighted by Gasteiger charge is 2.32. The number of carbonyl (C=O) groups is 2. The molecule has 20 heavy (non-hydrogen) atoms. The summed E-state index contributed by atoms with van der Waals surface area (Å²) in [4.78, 5) is 24.8. The van der Waals surface area contributed by atoms with Gasteiger partial charge < -0.3 is 10.5 Å². The Kier molecular flexibility index (Phi) is 4.65. The van der Waals surface area contributed by atoms with Crippen molar-refractivity contribution in [2.45, 2.75) is 6.42 Å². The number of hydrogen-bond acceptors (Lipinski definition) is 4. The minimum Gasteiger partial charge on any atom is -0.451 e. The molecule has 7 heteroatoms. The monoisotopic (exact) mass is 314 g/mol. The van der Waals surface area contributed by atoms with E-state index in [2.05, 4.69) is 0 Å². The summed E-state index contributed by atoms with van der Waals surface area (Å²) in [6.45, 7) is 0.672. The molecule has 106 valence electrons. The van der Waals surface area contributed by atoms with E-state index < -0.39 is 11.8 Å². The summed E-state index contributed by atoms with van der Waals surface area (Å²) in [5, 5.41) is 0.759. The van der Waals surface area contributed by atoms with Crippen molar-refractivity contribution in [3.05, 3.63) is 40.1 Å². The van der Waals surface area contributed by atoms with Crippen LogP contribution in [0.15, 0.2) is 30.0 Å². The van der Waals surface area contributed by atoms with E-state index in [0.717, 1.165) is 11.0 Å². The molecule has 1 heterocycles. The average Bonchev–Trinajstić information content (AvgIpc) is 2.61.